The molecule has 1 aliphatic carbocycles. The van der Waals surface area contributed by atoms with Crippen LogP contribution in [0.2, 0.25) is 0 Å². The van der Waals surface area contributed by atoms with Gasteiger partial charge in [-0.3, -0.25) is 4.79 Å². The van der Waals surface area contributed by atoms with Crippen LogP contribution in [0.15, 0.2) is 23.8 Å². The van der Waals surface area contributed by atoms with E-state index in [1.165, 1.54) is 17.5 Å². The lowest BCUT2D eigenvalue weighted by atomic mass is 9.87. The van der Waals surface area contributed by atoms with E-state index in [-0.39, 0.29) is 11.8 Å². The van der Waals surface area contributed by atoms with Gasteiger partial charge in [-0.15, -0.1) is 0 Å². The van der Waals surface area contributed by atoms with Crippen molar-refractivity contribution in [1.82, 2.24) is 5.32 Å². The largest absolute Gasteiger partial charge is 0.493 e. The van der Waals surface area contributed by atoms with Crippen molar-refractivity contribution in [3.63, 3.8) is 0 Å². The highest BCUT2D eigenvalue weighted by Crippen LogP contribution is 2.36. The van der Waals surface area contributed by atoms with Gasteiger partial charge in [-0.1, -0.05) is 6.08 Å². The van der Waals surface area contributed by atoms with E-state index in [2.05, 4.69) is 11.4 Å². The van der Waals surface area contributed by atoms with Crippen LogP contribution in [0.3, 0.4) is 0 Å². The molecule has 23 heavy (non-hydrogen) atoms. The second kappa shape index (κ2) is 7.18. The maximum absolute atomic E-state index is 12.6. The molecule has 1 heterocycles. The van der Waals surface area contributed by atoms with Gasteiger partial charge in [0.15, 0.2) is 17.3 Å². The Kier molecular flexibility index (Phi) is 5.01. The van der Waals surface area contributed by atoms with Gasteiger partial charge in [-0.25, -0.2) is 0 Å². The molecule has 1 N–H and O–H groups in total. The number of carbonyl (C=O) groups is 1. The molecule has 0 saturated carbocycles. The fourth-order valence-electron chi connectivity index (χ4n) is 3.56. The molecule has 0 amide bonds. The second-order valence-electron chi connectivity index (χ2n) is 6.27. The zero-order chi connectivity index (χ0) is 16.2. The van der Waals surface area contributed by atoms with E-state index in [0.717, 1.165) is 49.3 Å². The number of benzene rings is 1. The molecule has 0 aromatic heterocycles. The monoisotopic (exact) mass is 315 g/mol. The van der Waals surface area contributed by atoms with Crippen molar-refractivity contribution in [3.8, 4) is 11.5 Å². The van der Waals surface area contributed by atoms with Gasteiger partial charge in [-0.2, -0.15) is 0 Å². The molecule has 1 aromatic rings. The van der Waals surface area contributed by atoms with Gasteiger partial charge in [0.05, 0.1) is 14.2 Å². The van der Waals surface area contributed by atoms with E-state index in [1.54, 1.807) is 14.2 Å². The Morgan fingerprint density at radius 1 is 1.17 bits per heavy atom. The summed E-state index contributed by atoms with van der Waals surface area (Å²) in [5.74, 6) is 1.77. The summed E-state index contributed by atoms with van der Waals surface area (Å²) in [5, 5.41) is 3.49. The molecule has 1 atom stereocenters. The summed E-state index contributed by atoms with van der Waals surface area (Å²) in [4.78, 5) is 12.6. The van der Waals surface area contributed by atoms with Gasteiger partial charge in [0, 0.05) is 12.5 Å². The number of methoxy groups -OCH3 is 2. The van der Waals surface area contributed by atoms with E-state index in [1.807, 2.05) is 12.1 Å². The third-order valence-corrected chi connectivity index (χ3v) is 4.84. The molecule has 0 fully saturated rings. The zero-order valence-corrected chi connectivity index (χ0v) is 14.0. The van der Waals surface area contributed by atoms with Crippen LogP contribution in [-0.2, 0) is 11.2 Å². The summed E-state index contributed by atoms with van der Waals surface area (Å²) in [7, 11) is 3.30. The first-order valence-electron chi connectivity index (χ1n) is 8.43. The highest BCUT2D eigenvalue weighted by Gasteiger charge is 2.25. The lowest BCUT2D eigenvalue weighted by molar-refractivity contribution is -0.116. The third-order valence-electron chi connectivity index (χ3n) is 4.84. The molecule has 1 aliphatic heterocycles. The molecule has 0 saturated heterocycles. The zero-order valence-electron chi connectivity index (χ0n) is 14.0. The summed E-state index contributed by atoms with van der Waals surface area (Å²) in [6.45, 7) is 0.888. The van der Waals surface area contributed by atoms with Crippen LogP contribution in [0, 0.1) is 0 Å². The average molecular weight is 315 g/mol. The standard InChI is InChI=1S/C19H25NO3/c1-22-18-10-14-8-9-20-16(15(14)11-19(18)23-2)12-17(21)13-6-4-3-5-7-13/h6,10-11,16,20H,3-5,7-9,12H2,1-2H3/t16-/m1/s1. The van der Waals surface area contributed by atoms with Gasteiger partial charge >= 0.3 is 0 Å². The smallest absolute Gasteiger partial charge is 0.161 e. The quantitative estimate of drug-likeness (QED) is 0.905. The van der Waals surface area contributed by atoms with Crippen molar-refractivity contribution in [2.45, 2.75) is 44.6 Å². The predicted molar refractivity (Wildman–Crippen MR) is 90.2 cm³/mol. The molecule has 2 aliphatic rings. The Labute approximate surface area is 137 Å². The highest BCUT2D eigenvalue weighted by molar-refractivity contribution is 5.95. The topological polar surface area (TPSA) is 47.6 Å². The van der Waals surface area contributed by atoms with Crippen LogP contribution in [0.4, 0.5) is 0 Å². The summed E-state index contributed by atoms with van der Waals surface area (Å²) >= 11 is 0. The van der Waals surface area contributed by atoms with Crippen molar-refractivity contribution in [2.75, 3.05) is 20.8 Å². The van der Waals surface area contributed by atoms with Crippen LogP contribution >= 0.6 is 0 Å². The Bertz CT molecular complexity index is 621. The maximum Gasteiger partial charge on any atom is 0.161 e. The molecular formula is C19H25NO3. The lowest BCUT2D eigenvalue weighted by Crippen LogP contribution is -2.31. The number of rotatable bonds is 5. The lowest BCUT2D eigenvalue weighted by Gasteiger charge is -2.28. The average Bonchev–Trinajstić information content (AvgIpc) is 2.61. The summed E-state index contributed by atoms with van der Waals surface area (Å²) in [6.07, 6.45) is 7.92. The van der Waals surface area contributed by atoms with Gasteiger partial charge in [0.25, 0.3) is 0 Å². The maximum atomic E-state index is 12.6. The summed E-state index contributed by atoms with van der Waals surface area (Å²) in [6, 6.07) is 4.13. The number of fused-ring (bicyclic) bond motifs is 1. The number of ketones is 1. The van der Waals surface area contributed by atoms with Gasteiger partial charge in [0.2, 0.25) is 0 Å². The van der Waals surface area contributed by atoms with E-state index in [9.17, 15) is 4.79 Å². The molecular weight excluding hydrogens is 290 g/mol. The molecule has 0 unspecified atom stereocenters. The second-order valence-corrected chi connectivity index (χ2v) is 6.27. The fraction of sp³-hybridized carbons (Fsp3) is 0.526. The van der Waals surface area contributed by atoms with Crippen LogP contribution < -0.4 is 14.8 Å². The first-order valence-corrected chi connectivity index (χ1v) is 8.43. The Hall–Kier alpha value is -1.81. The van der Waals surface area contributed by atoms with Gasteiger partial charge in [-0.05, 0) is 67.5 Å². The fourth-order valence-corrected chi connectivity index (χ4v) is 3.56. The van der Waals surface area contributed by atoms with Crippen molar-refractivity contribution in [2.24, 2.45) is 0 Å². The molecule has 0 spiro atoms. The summed E-state index contributed by atoms with van der Waals surface area (Å²) < 4.78 is 10.8. The molecule has 0 bridgehead atoms. The number of Topliss-reactive ketones (excluding diaryl/α,β-unsaturated/α-hetero) is 1. The predicted octanol–water partition coefficient (Wildman–Crippen LogP) is 3.35. The summed E-state index contributed by atoms with van der Waals surface area (Å²) in [5.41, 5.74) is 3.43. The minimum atomic E-state index is 0.0638. The van der Waals surface area contributed by atoms with Crippen molar-refractivity contribution >= 4 is 5.78 Å². The molecule has 4 nitrogen and oxygen atoms in total. The van der Waals surface area contributed by atoms with E-state index in [0.29, 0.717) is 6.42 Å². The van der Waals surface area contributed by atoms with Crippen molar-refractivity contribution in [1.29, 1.82) is 0 Å². The van der Waals surface area contributed by atoms with E-state index >= 15 is 0 Å². The molecule has 1 aromatic carbocycles. The molecule has 124 valence electrons. The van der Waals surface area contributed by atoms with Gasteiger partial charge < -0.3 is 14.8 Å². The van der Waals surface area contributed by atoms with Crippen LogP contribution in [-0.4, -0.2) is 26.5 Å². The normalized spacial score (nSPS) is 20.4. The van der Waals surface area contributed by atoms with Crippen LogP contribution in [0.5, 0.6) is 11.5 Å². The van der Waals surface area contributed by atoms with Gasteiger partial charge in [0.1, 0.15) is 0 Å². The van der Waals surface area contributed by atoms with Crippen LogP contribution in [0.1, 0.15) is 49.3 Å². The number of carbonyl (C=O) groups excluding carboxylic acids is 1. The third kappa shape index (κ3) is 3.42. The SMILES string of the molecule is COc1cc2c(cc1OC)[C@@H](CC(=O)C1=CCCCC1)NCC2. The van der Waals surface area contributed by atoms with E-state index < -0.39 is 0 Å². The molecule has 3 rings (SSSR count). The number of ether oxygens (including phenoxy) is 2. The first-order chi connectivity index (χ1) is 11.2. The molecule has 0 radical (unpaired) electrons. The minimum Gasteiger partial charge on any atom is -0.493 e. The van der Waals surface area contributed by atoms with Crippen molar-refractivity contribution in [3.05, 3.63) is 34.9 Å². The first kappa shape index (κ1) is 16.1. The Balaban J connectivity index is 1.83. The number of allylic oxidation sites excluding steroid dienone is 2. The van der Waals surface area contributed by atoms with E-state index in [4.69, 9.17) is 9.47 Å². The Morgan fingerprint density at radius 3 is 2.65 bits per heavy atom. The molecule has 4 heteroatoms. The van der Waals surface area contributed by atoms with Crippen molar-refractivity contribution < 1.29 is 14.3 Å². The number of hydrogen-bond donors (Lipinski definition) is 1. The number of nitrogens with one attached hydrogen (secondary N) is 1. The highest BCUT2D eigenvalue weighted by atomic mass is 16.5. The Morgan fingerprint density at radius 2 is 1.96 bits per heavy atom. The van der Waals surface area contributed by atoms with Crippen LogP contribution in [0.25, 0.3) is 0 Å². The number of hydrogen-bond acceptors (Lipinski definition) is 4. The minimum absolute atomic E-state index is 0.0638.